The highest BCUT2D eigenvalue weighted by atomic mass is 32.1. The van der Waals surface area contributed by atoms with Crippen LogP contribution in [0, 0.1) is 0 Å². The number of thiophene rings is 1. The van der Waals surface area contributed by atoms with Gasteiger partial charge in [-0.3, -0.25) is 4.79 Å². The van der Waals surface area contributed by atoms with Crippen LogP contribution in [0.1, 0.15) is 6.92 Å². The van der Waals surface area contributed by atoms with E-state index in [0.717, 1.165) is 4.88 Å². The van der Waals surface area contributed by atoms with Crippen LogP contribution >= 0.6 is 11.3 Å². The van der Waals surface area contributed by atoms with Gasteiger partial charge >= 0.3 is 0 Å². The van der Waals surface area contributed by atoms with Crippen molar-refractivity contribution in [2.24, 2.45) is 0 Å². The van der Waals surface area contributed by atoms with E-state index in [1.807, 2.05) is 47.8 Å². The van der Waals surface area contributed by atoms with Crippen molar-refractivity contribution in [3.63, 3.8) is 0 Å². The number of ether oxygens (including phenoxy) is 1. The summed E-state index contributed by atoms with van der Waals surface area (Å²) < 4.78 is 12.5. The van der Waals surface area contributed by atoms with E-state index in [9.17, 15) is 4.79 Å². The Morgan fingerprint density at radius 1 is 1.28 bits per heavy atom. The molecule has 148 valence electrons. The number of nitrogens with one attached hydrogen (secondary N) is 1. The summed E-state index contributed by atoms with van der Waals surface area (Å²) in [4.78, 5) is 17.4. The summed E-state index contributed by atoms with van der Waals surface area (Å²) in [6, 6.07) is 13.1. The Bertz CT molecular complexity index is 1060. The first-order valence-electron chi connectivity index (χ1n) is 8.96. The lowest BCUT2D eigenvalue weighted by Crippen LogP contribution is -2.38. The lowest BCUT2D eigenvalue weighted by molar-refractivity contribution is -0.127. The molecule has 3 aromatic heterocycles. The van der Waals surface area contributed by atoms with Crippen LogP contribution in [0.2, 0.25) is 0 Å². The zero-order chi connectivity index (χ0) is 20.1. The highest BCUT2D eigenvalue weighted by Gasteiger charge is 2.16. The molecule has 10 heteroatoms. The highest BCUT2D eigenvalue weighted by Crippen LogP contribution is 2.24. The summed E-state index contributed by atoms with van der Waals surface area (Å²) in [5.74, 6) is 1.27. The van der Waals surface area contributed by atoms with Crippen molar-refractivity contribution < 1.29 is 14.1 Å². The number of carbonyl (C=O) groups is 1. The molecule has 0 fully saturated rings. The summed E-state index contributed by atoms with van der Waals surface area (Å²) >= 11 is 1.53. The highest BCUT2D eigenvalue weighted by molar-refractivity contribution is 7.13. The van der Waals surface area contributed by atoms with Gasteiger partial charge < -0.3 is 14.6 Å². The predicted octanol–water partition coefficient (Wildman–Crippen LogP) is 2.64. The molecule has 0 spiro atoms. The molecule has 0 saturated carbocycles. The fourth-order valence-electron chi connectivity index (χ4n) is 2.53. The normalized spacial score (nSPS) is 11.9. The van der Waals surface area contributed by atoms with E-state index < -0.39 is 6.10 Å². The van der Waals surface area contributed by atoms with Gasteiger partial charge in [-0.15, -0.1) is 16.4 Å². The maximum absolute atomic E-state index is 12.2. The minimum atomic E-state index is -0.599. The molecule has 1 amide bonds. The third-order valence-electron chi connectivity index (χ3n) is 3.99. The van der Waals surface area contributed by atoms with E-state index in [1.165, 1.54) is 11.3 Å². The molecule has 4 aromatic rings. The van der Waals surface area contributed by atoms with Crippen LogP contribution in [0.4, 0.5) is 0 Å². The van der Waals surface area contributed by atoms with Gasteiger partial charge in [0, 0.05) is 6.54 Å². The molecule has 29 heavy (non-hydrogen) atoms. The number of carbonyl (C=O) groups excluding carboxylic acids is 1. The van der Waals surface area contributed by atoms with Crippen molar-refractivity contribution in [1.29, 1.82) is 0 Å². The van der Waals surface area contributed by atoms with E-state index in [-0.39, 0.29) is 5.91 Å². The smallest absolute Gasteiger partial charge is 0.280 e. The number of para-hydroxylation sites is 1. The number of amides is 1. The number of hydrogen-bond donors (Lipinski definition) is 1. The Morgan fingerprint density at radius 3 is 2.93 bits per heavy atom. The van der Waals surface area contributed by atoms with Crippen molar-refractivity contribution in [3.05, 3.63) is 54.0 Å². The van der Waals surface area contributed by atoms with Crippen molar-refractivity contribution in [2.45, 2.75) is 19.6 Å². The molecule has 0 aliphatic rings. The summed E-state index contributed by atoms with van der Waals surface area (Å²) in [7, 11) is 0. The van der Waals surface area contributed by atoms with Crippen LogP contribution in [0.15, 0.2) is 58.6 Å². The van der Waals surface area contributed by atoms with Crippen LogP contribution in [0.25, 0.3) is 22.3 Å². The molecule has 0 bridgehead atoms. The molecule has 1 unspecified atom stereocenters. The van der Waals surface area contributed by atoms with Crippen molar-refractivity contribution in [3.8, 4) is 28.0 Å². The second kappa shape index (κ2) is 8.65. The summed E-state index contributed by atoms with van der Waals surface area (Å²) in [5, 5.41) is 16.8. The number of hydrogen-bond acceptors (Lipinski definition) is 8. The van der Waals surface area contributed by atoms with Crippen LogP contribution in [-0.2, 0) is 11.3 Å². The van der Waals surface area contributed by atoms with Gasteiger partial charge in [0.1, 0.15) is 5.75 Å². The first-order valence-corrected chi connectivity index (χ1v) is 9.84. The molecule has 4 rings (SSSR count). The van der Waals surface area contributed by atoms with E-state index in [1.54, 1.807) is 17.8 Å². The molecule has 1 atom stereocenters. The quantitative estimate of drug-likeness (QED) is 0.476. The molecular weight excluding hydrogens is 392 g/mol. The topological polar surface area (TPSA) is 108 Å². The Kier molecular flexibility index (Phi) is 5.61. The lowest BCUT2D eigenvalue weighted by Gasteiger charge is -2.14. The van der Waals surface area contributed by atoms with Crippen molar-refractivity contribution in [2.75, 3.05) is 6.54 Å². The minimum absolute atomic E-state index is 0.202. The second-order valence-corrected chi connectivity index (χ2v) is 7.08. The molecule has 0 radical (unpaired) electrons. The fourth-order valence-corrected chi connectivity index (χ4v) is 3.18. The van der Waals surface area contributed by atoms with Gasteiger partial charge in [0.2, 0.25) is 5.82 Å². The summed E-state index contributed by atoms with van der Waals surface area (Å²) in [5.41, 5.74) is 0.479. The van der Waals surface area contributed by atoms with Crippen LogP contribution in [0.3, 0.4) is 0 Å². The average Bonchev–Trinajstić information content (AvgIpc) is 3.49. The van der Waals surface area contributed by atoms with E-state index >= 15 is 0 Å². The molecule has 0 aliphatic heterocycles. The van der Waals surface area contributed by atoms with Gasteiger partial charge in [0.25, 0.3) is 11.8 Å². The molecule has 3 heterocycles. The van der Waals surface area contributed by atoms with Gasteiger partial charge in [-0.2, -0.15) is 4.98 Å². The molecule has 1 aromatic carbocycles. The first kappa shape index (κ1) is 18.8. The zero-order valence-electron chi connectivity index (χ0n) is 15.6. The molecular formula is C19H18N6O3S. The van der Waals surface area contributed by atoms with Crippen LogP contribution < -0.4 is 10.1 Å². The van der Waals surface area contributed by atoms with E-state index in [4.69, 9.17) is 9.26 Å². The van der Waals surface area contributed by atoms with Gasteiger partial charge in [-0.25, -0.2) is 4.68 Å². The summed E-state index contributed by atoms with van der Waals surface area (Å²) in [6.07, 6.45) is 1.10. The Morgan fingerprint density at radius 2 is 2.14 bits per heavy atom. The van der Waals surface area contributed by atoms with Gasteiger partial charge in [0.05, 0.1) is 17.6 Å². The van der Waals surface area contributed by atoms with E-state index in [0.29, 0.717) is 36.2 Å². The van der Waals surface area contributed by atoms with Crippen molar-refractivity contribution in [1.82, 2.24) is 30.5 Å². The number of benzene rings is 1. The predicted molar refractivity (Wildman–Crippen MR) is 106 cm³/mol. The molecule has 0 aliphatic carbocycles. The molecule has 0 saturated heterocycles. The fraction of sp³-hybridized carbons (Fsp3) is 0.211. The third kappa shape index (κ3) is 4.66. The zero-order valence-corrected chi connectivity index (χ0v) is 16.4. The van der Waals surface area contributed by atoms with E-state index in [2.05, 4.69) is 25.8 Å². The standard InChI is InChI=1S/C19H18N6O3S/c1-13(27-14-6-3-2-4-7-14)18(26)20-9-10-25-12-15(22-24-25)19-21-17(23-28-19)16-8-5-11-29-16/h2-8,11-13H,9-10H2,1H3,(H,20,26). The largest absolute Gasteiger partial charge is 0.481 e. The number of aromatic nitrogens is 5. The second-order valence-electron chi connectivity index (χ2n) is 6.13. The Labute approximate surface area is 170 Å². The molecule has 9 nitrogen and oxygen atoms in total. The first-order chi connectivity index (χ1) is 14.2. The lowest BCUT2D eigenvalue weighted by atomic mass is 10.3. The third-order valence-corrected chi connectivity index (χ3v) is 4.86. The number of nitrogens with zero attached hydrogens (tertiary/aromatic N) is 5. The SMILES string of the molecule is CC(Oc1ccccc1)C(=O)NCCn1cc(-c2nc(-c3cccs3)no2)nn1. The maximum Gasteiger partial charge on any atom is 0.280 e. The van der Waals surface area contributed by atoms with Crippen LogP contribution in [-0.4, -0.2) is 43.7 Å². The minimum Gasteiger partial charge on any atom is -0.481 e. The monoisotopic (exact) mass is 410 g/mol. The Hall–Kier alpha value is -3.53. The number of rotatable bonds is 8. The van der Waals surface area contributed by atoms with Crippen molar-refractivity contribution >= 4 is 17.2 Å². The average molecular weight is 410 g/mol. The van der Waals surface area contributed by atoms with Gasteiger partial charge in [0.15, 0.2) is 11.8 Å². The maximum atomic E-state index is 12.2. The van der Waals surface area contributed by atoms with Crippen LogP contribution in [0.5, 0.6) is 5.75 Å². The Balaban J connectivity index is 1.28. The molecule has 1 N–H and O–H groups in total. The van der Waals surface area contributed by atoms with Gasteiger partial charge in [-0.05, 0) is 30.5 Å². The van der Waals surface area contributed by atoms with Gasteiger partial charge in [-0.1, -0.05) is 34.6 Å². The summed E-state index contributed by atoms with van der Waals surface area (Å²) in [6.45, 7) is 2.54.